The molecule has 0 aliphatic rings. The zero-order chi connectivity index (χ0) is 20.4. The Hall–Kier alpha value is -3.20. The number of hydrogen-bond donors (Lipinski definition) is 0. The Bertz CT molecular complexity index is 1140. The van der Waals surface area contributed by atoms with Gasteiger partial charge < -0.3 is 4.74 Å². The highest BCUT2D eigenvalue weighted by molar-refractivity contribution is 7.13. The van der Waals surface area contributed by atoms with Crippen LogP contribution in [0.5, 0.6) is 0 Å². The van der Waals surface area contributed by atoms with Gasteiger partial charge in [-0.2, -0.15) is 8.78 Å². The first-order valence-electron chi connectivity index (χ1n) is 8.82. The minimum atomic E-state index is -2.79. The largest absolute Gasteiger partial charge is 0.454 e. The van der Waals surface area contributed by atoms with Gasteiger partial charge in [0.25, 0.3) is 0 Å². The van der Waals surface area contributed by atoms with E-state index < -0.39 is 18.6 Å². The molecular formula is C20H16F2N4O2S. The fourth-order valence-corrected chi connectivity index (χ4v) is 3.81. The number of ether oxygens (including phenoxy) is 1. The van der Waals surface area contributed by atoms with Gasteiger partial charge in [-0.3, -0.25) is 14.3 Å². The molecule has 0 radical (unpaired) electrons. The van der Waals surface area contributed by atoms with Gasteiger partial charge in [0.05, 0.1) is 23.1 Å². The molecule has 0 spiro atoms. The summed E-state index contributed by atoms with van der Waals surface area (Å²) in [7, 11) is 0. The van der Waals surface area contributed by atoms with E-state index in [0.717, 1.165) is 15.1 Å². The molecule has 0 fully saturated rings. The number of rotatable bonds is 6. The van der Waals surface area contributed by atoms with Gasteiger partial charge in [-0.1, -0.05) is 12.1 Å². The van der Waals surface area contributed by atoms with Gasteiger partial charge in [-0.15, -0.1) is 11.3 Å². The van der Waals surface area contributed by atoms with Gasteiger partial charge in [0.2, 0.25) is 0 Å². The summed E-state index contributed by atoms with van der Waals surface area (Å²) in [6.45, 7) is -1.26. The van der Waals surface area contributed by atoms with Crippen LogP contribution in [-0.4, -0.2) is 25.5 Å². The van der Waals surface area contributed by atoms with Crippen molar-refractivity contribution in [3.63, 3.8) is 0 Å². The average Bonchev–Trinajstić information content (AvgIpc) is 3.33. The number of carbonyl (C=O) groups is 1. The van der Waals surface area contributed by atoms with Crippen molar-refractivity contribution in [1.29, 1.82) is 0 Å². The van der Waals surface area contributed by atoms with E-state index in [9.17, 15) is 13.6 Å². The third kappa shape index (κ3) is 4.00. The van der Waals surface area contributed by atoms with E-state index in [-0.39, 0.29) is 12.2 Å². The van der Waals surface area contributed by atoms with Crippen LogP contribution in [0.15, 0.2) is 54.2 Å². The molecule has 29 heavy (non-hydrogen) atoms. The minimum absolute atomic E-state index is 0.00359. The van der Waals surface area contributed by atoms with E-state index in [2.05, 4.69) is 15.0 Å². The highest BCUT2D eigenvalue weighted by Crippen LogP contribution is 2.28. The quantitative estimate of drug-likeness (QED) is 0.424. The molecule has 1 unspecified atom stereocenters. The number of pyridine rings is 1. The number of esters is 1. The maximum absolute atomic E-state index is 13.6. The number of fused-ring (bicyclic) bond motifs is 1. The Balaban J connectivity index is 1.49. The SMILES string of the molecule is CC(OC(=O)Cc1csc(-c2cccnc2)n1)c1nc2ccccc2n1C(F)F. The van der Waals surface area contributed by atoms with Crippen molar-refractivity contribution in [2.75, 3.05) is 0 Å². The summed E-state index contributed by atoms with van der Waals surface area (Å²) in [5.74, 6) is -0.558. The molecule has 0 saturated heterocycles. The number of benzene rings is 1. The number of aromatic nitrogens is 4. The topological polar surface area (TPSA) is 69.9 Å². The molecule has 0 saturated carbocycles. The van der Waals surface area contributed by atoms with Crippen molar-refractivity contribution < 1.29 is 18.3 Å². The maximum Gasteiger partial charge on any atom is 0.320 e. The van der Waals surface area contributed by atoms with E-state index in [1.165, 1.54) is 18.3 Å². The van der Waals surface area contributed by atoms with E-state index in [4.69, 9.17) is 4.74 Å². The molecule has 4 rings (SSSR count). The van der Waals surface area contributed by atoms with Crippen LogP contribution in [0.25, 0.3) is 21.6 Å². The van der Waals surface area contributed by atoms with Crippen molar-refractivity contribution in [2.45, 2.75) is 26.0 Å². The molecule has 4 aromatic rings. The number of thiazole rings is 1. The molecule has 9 heteroatoms. The molecule has 0 amide bonds. The molecule has 1 aromatic carbocycles. The molecule has 3 aromatic heterocycles. The van der Waals surface area contributed by atoms with Crippen molar-refractivity contribution in [2.24, 2.45) is 0 Å². The predicted molar refractivity (Wildman–Crippen MR) is 105 cm³/mol. The van der Waals surface area contributed by atoms with Crippen LogP contribution in [0.1, 0.15) is 31.1 Å². The van der Waals surface area contributed by atoms with Crippen LogP contribution in [0.3, 0.4) is 0 Å². The van der Waals surface area contributed by atoms with Crippen molar-refractivity contribution >= 4 is 28.3 Å². The fraction of sp³-hybridized carbons (Fsp3) is 0.200. The number of alkyl halides is 2. The molecule has 0 aliphatic heterocycles. The summed E-state index contributed by atoms with van der Waals surface area (Å²) in [6, 6.07) is 10.3. The second-order valence-electron chi connectivity index (χ2n) is 6.30. The highest BCUT2D eigenvalue weighted by Gasteiger charge is 2.24. The molecular weight excluding hydrogens is 398 g/mol. The van der Waals surface area contributed by atoms with Crippen molar-refractivity contribution in [3.8, 4) is 10.6 Å². The monoisotopic (exact) mass is 414 g/mol. The van der Waals surface area contributed by atoms with Gasteiger partial charge in [-0.25, -0.2) is 9.97 Å². The maximum atomic E-state index is 13.6. The second kappa shape index (κ2) is 8.04. The molecule has 0 aliphatic carbocycles. The minimum Gasteiger partial charge on any atom is -0.454 e. The van der Waals surface area contributed by atoms with E-state index >= 15 is 0 Å². The normalized spacial score (nSPS) is 12.4. The van der Waals surface area contributed by atoms with Crippen LogP contribution in [0.4, 0.5) is 8.78 Å². The van der Waals surface area contributed by atoms with Gasteiger partial charge in [0.1, 0.15) is 5.01 Å². The lowest BCUT2D eigenvalue weighted by Gasteiger charge is -2.14. The third-order valence-corrected chi connectivity index (χ3v) is 5.22. The van der Waals surface area contributed by atoms with Crippen LogP contribution >= 0.6 is 11.3 Å². The van der Waals surface area contributed by atoms with E-state index in [1.807, 2.05) is 6.07 Å². The van der Waals surface area contributed by atoms with Gasteiger partial charge in [-0.05, 0) is 31.2 Å². The molecule has 0 N–H and O–H groups in total. The Labute approximate surface area is 168 Å². The summed E-state index contributed by atoms with van der Waals surface area (Å²) >= 11 is 1.39. The first-order chi connectivity index (χ1) is 14.0. The van der Waals surface area contributed by atoms with Crippen LogP contribution < -0.4 is 0 Å². The predicted octanol–water partition coefficient (Wildman–Crippen LogP) is 4.80. The number of nitrogens with zero attached hydrogens (tertiary/aromatic N) is 4. The number of carbonyl (C=O) groups excluding carboxylic acids is 1. The van der Waals surface area contributed by atoms with Gasteiger partial charge >= 0.3 is 12.5 Å². The fourth-order valence-electron chi connectivity index (χ4n) is 3.00. The average molecular weight is 414 g/mol. The summed E-state index contributed by atoms with van der Waals surface area (Å²) < 4.78 is 33.3. The second-order valence-corrected chi connectivity index (χ2v) is 7.16. The van der Waals surface area contributed by atoms with E-state index in [1.54, 1.807) is 48.1 Å². The van der Waals surface area contributed by atoms with Crippen molar-refractivity contribution in [1.82, 2.24) is 19.5 Å². The lowest BCUT2D eigenvalue weighted by atomic mass is 10.3. The smallest absolute Gasteiger partial charge is 0.320 e. The first kappa shape index (κ1) is 19.1. The molecule has 3 heterocycles. The lowest BCUT2D eigenvalue weighted by Crippen LogP contribution is -2.16. The Morgan fingerprint density at radius 3 is 2.79 bits per heavy atom. The number of hydrogen-bond acceptors (Lipinski definition) is 6. The Morgan fingerprint density at radius 2 is 2.03 bits per heavy atom. The standard InChI is InChI=1S/C20H16F2N4O2S/c1-12(18-25-15-6-2-3-7-16(15)26(18)20(21)22)28-17(27)9-14-11-29-19(24-14)13-5-4-8-23-10-13/h2-8,10-12,20H,9H2,1H3. The third-order valence-electron chi connectivity index (χ3n) is 4.28. The number of halogens is 2. The highest BCUT2D eigenvalue weighted by atomic mass is 32.1. The summed E-state index contributed by atoms with van der Waals surface area (Å²) in [5, 5.41) is 2.51. The van der Waals surface area contributed by atoms with E-state index in [0.29, 0.717) is 16.7 Å². The zero-order valence-corrected chi connectivity index (χ0v) is 16.1. The summed E-state index contributed by atoms with van der Waals surface area (Å²) in [5.41, 5.74) is 2.12. The lowest BCUT2D eigenvalue weighted by molar-refractivity contribution is -0.148. The van der Waals surface area contributed by atoms with Crippen LogP contribution in [0.2, 0.25) is 0 Å². The Kier molecular flexibility index (Phi) is 5.30. The van der Waals surface area contributed by atoms with Gasteiger partial charge in [0, 0.05) is 23.3 Å². The van der Waals surface area contributed by atoms with Crippen LogP contribution in [0, 0.1) is 0 Å². The molecule has 0 bridgehead atoms. The molecule has 1 atom stereocenters. The molecule has 6 nitrogen and oxygen atoms in total. The van der Waals surface area contributed by atoms with Crippen LogP contribution in [-0.2, 0) is 16.0 Å². The first-order valence-corrected chi connectivity index (χ1v) is 9.70. The summed E-state index contributed by atoms with van der Waals surface area (Å²) in [6.07, 6.45) is 2.37. The summed E-state index contributed by atoms with van der Waals surface area (Å²) in [4.78, 5) is 25.0. The number of para-hydroxylation sites is 2. The Morgan fingerprint density at radius 1 is 1.21 bits per heavy atom. The number of imidazole rings is 1. The van der Waals surface area contributed by atoms with Crippen molar-refractivity contribution in [3.05, 3.63) is 65.7 Å². The molecule has 148 valence electrons. The zero-order valence-electron chi connectivity index (χ0n) is 15.3. The van der Waals surface area contributed by atoms with Gasteiger partial charge in [0.15, 0.2) is 11.9 Å².